The molecule has 0 aliphatic carbocycles. The van der Waals surface area contributed by atoms with Gasteiger partial charge in [0.2, 0.25) is 0 Å². The van der Waals surface area contributed by atoms with E-state index in [0.717, 1.165) is 12.0 Å². The predicted molar refractivity (Wildman–Crippen MR) is 65.2 cm³/mol. The highest BCUT2D eigenvalue weighted by Crippen LogP contribution is 2.26. The maximum Gasteiger partial charge on any atom is 0.338 e. The smallest absolute Gasteiger partial charge is 0.338 e. The van der Waals surface area contributed by atoms with Crippen LogP contribution in [0.2, 0.25) is 0 Å². The molecular weight excluding hydrogens is 266 g/mol. The second-order valence-electron chi connectivity index (χ2n) is 3.99. The highest BCUT2D eigenvalue weighted by molar-refractivity contribution is 6.25. The molecule has 1 aliphatic rings. The van der Waals surface area contributed by atoms with Crippen LogP contribution < -0.4 is 0 Å². The first-order valence-corrected chi connectivity index (χ1v) is 5.65. The Balaban J connectivity index is 2.46. The lowest BCUT2D eigenvalue weighted by Gasteiger charge is -2.11. The van der Waals surface area contributed by atoms with Crippen LogP contribution in [0.15, 0.2) is 18.2 Å². The molecule has 0 bridgehead atoms. The highest BCUT2D eigenvalue weighted by Gasteiger charge is 2.39. The molecule has 1 aromatic carbocycles. The molecule has 0 atom stereocenters. The molecule has 1 aliphatic heterocycles. The van der Waals surface area contributed by atoms with Crippen molar-refractivity contribution in [3.05, 3.63) is 34.9 Å². The van der Waals surface area contributed by atoms with E-state index >= 15 is 0 Å². The number of rotatable bonds is 3. The summed E-state index contributed by atoms with van der Waals surface area (Å²) in [6.07, 6.45) is 0. The van der Waals surface area contributed by atoms with Crippen molar-refractivity contribution >= 4 is 23.8 Å². The summed E-state index contributed by atoms with van der Waals surface area (Å²) in [5.74, 6) is -2.79. The molecule has 2 rings (SSSR count). The highest BCUT2D eigenvalue weighted by atomic mass is 16.5. The van der Waals surface area contributed by atoms with Gasteiger partial charge in [0.1, 0.15) is 6.54 Å². The van der Waals surface area contributed by atoms with Gasteiger partial charge in [0, 0.05) is 0 Å². The Kier molecular flexibility index (Phi) is 3.51. The lowest BCUT2D eigenvalue weighted by Crippen LogP contribution is -2.35. The van der Waals surface area contributed by atoms with Crippen LogP contribution in [0.1, 0.15) is 31.1 Å². The number of amides is 2. The summed E-state index contributed by atoms with van der Waals surface area (Å²) in [6.45, 7) is -0.497. The van der Waals surface area contributed by atoms with Crippen molar-refractivity contribution in [3.8, 4) is 0 Å². The number of ether oxygens (including phenoxy) is 2. The van der Waals surface area contributed by atoms with Crippen LogP contribution in [0.4, 0.5) is 0 Å². The number of nitrogens with zero attached hydrogens (tertiary/aromatic N) is 1. The first-order chi connectivity index (χ1) is 9.51. The van der Waals surface area contributed by atoms with Crippen molar-refractivity contribution in [3.63, 3.8) is 0 Å². The number of hydrogen-bond acceptors (Lipinski definition) is 6. The molecule has 104 valence electrons. The average molecular weight is 277 g/mol. The number of hydrogen-bond donors (Lipinski definition) is 0. The van der Waals surface area contributed by atoms with E-state index in [1.165, 1.54) is 25.3 Å². The van der Waals surface area contributed by atoms with Crippen molar-refractivity contribution in [2.24, 2.45) is 0 Å². The van der Waals surface area contributed by atoms with E-state index < -0.39 is 30.3 Å². The van der Waals surface area contributed by atoms with Crippen molar-refractivity contribution in [2.45, 2.75) is 0 Å². The molecule has 0 unspecified atom stereocenters. The quantitative estimate of drug-likeness (QED) is 0.581. The summed E-state index contributed by atoms with van der Waals surface area (Å²) >= 11 is 0. The zero-order valence-electron chi connectivity index (χ0n) is 10.8. The van der Waals surface area contributed by atoms with E-state index in [0.29, 0.717) is 0 Å². The Labute approximate surface area is 114 Å². The van der Waals surface area contributed by atoms with Crippen molar-refractivity contribution in [2.75, 3.05) is 20.8 Å². The standard InChI is InChI=1S/C13H11NO6/c1-19-9(15)6-14-11(16)7-4-3-5-8(13(18)20-2)10(7)12(14)17/h3-5H,6H2,1-2H3. The fourth-order valence-electron chi connectivity index (χ4n) is 1.95. The Morgan fingerprint density at radius 2 is 1.80 bits per heavy atom. The summed E-state index contributed by atoms with van der Waals surface area (Å²) in [5, 5.41) is 0. The van der Waals surface area contributed by atoms with Crippen LogP contribution in [-0.2, 0) is 14.3 Å². The summed E-state index contributed by atoms with van der Waals surface area (Å²) in [7, 11) is 2.33. The zero-order valence-corrected chi connectivity index (χ0v) is 10.8. The van der Waals surface area contributed by atoms with Crippen LogP contribution in [-0.4, -0.2) is 49.4 Å². The molecule has 1 heterocycles. The molecule has 1 aromatic rings. The third-order valence-corrected chi connectivity index (χ3v) is 2.92. The number of fused-ring (bicyclic) bond motifs is 1. The van der Waals surface area contributed by atoms with E-state index in [9.17, 15) is 19.2 Å². The normalized spacial score (nSPS) is 13.2. The number of imide groups is 1. The summed E-state index contributed by atoms with van der Waals surface area (Å²) < 4.78 is 9.00. The van der Waals surface area contributed by atoms with Gasteiger partial charge in [0.15, 0.2) is 0 Å². The van der Waals surface area contributed by atoms with E-state index in [1.54, 1.807) is 0 Å². The second-order valence-corrected chi connectivity index (χ2v) is 3.99. The predicted octanol–water partition coefficient (Wildman–Crippen LogP) is 0.242. The van der Waals surface area contributed by atoms with Crippen LogP contribution in [0.5, 0.6) is 0 Å². The minimum atomic E-state index is -0.723. The van der Waals surface area contributed by atoms with Crippen LogP contribution in [0, 0.1) is 0 Å². The van der Waals surface area contributed by atoms with Gasteiger partial charge < -0.3 is 9.47 Å². The molecule has 0 fully saturated rings. The monoisotopic (exact) mass is 277 g/mol. The second kappa shape index (κ2) is 5.12. The Hall–Kier alpha value is -2.70. The molecule has 7 heteroatoms. The van der Waals surface area contributed by atoms with Crippen molar-refractivity contribution < 1.29 is 28.7 Å². The van der Waals surface area contributed by atoms with E-state index in [-0.39, 0.29) is 16.7 Å². The van der Waals surface area contributed by atoms with Crippen LogP contribution >= 0.6 is 0 Å². The Morgan fingerprint density at radius 1 is 1.10 bits per heavy atom. The minimum absolute atomic E-state index is 0.00397. The molecule has 20 heavy (non-hydrogen) atoms. The van der Waals surface area contributed by atoms with E-state index in [1.807, 2.05) is 0 Å². The van der Waals surface area contributed by atoms with Gasteiger partial charge >= 0.3 is 11.9 Å². The topological polar surface area (TPSA) is 90.0 Å². The Bertz CT molecular complexity index is 621. The average Bonchev–Trinajstić information content (AvgIpc) is 2.71. The third-order valence-electron chi connectivity index (χ3n) is 2.92. The first-order valence-electron chi connectivity index (χ1n) is 5.65. The molecule has 0 saturated carbocycles. The van der Waals surface area contributed by atoms with Crippen molar-refractivity contribution in [1.82, 2.24) is 4.90 Å². The lowest BCUT2D eigenvalue weighted by molar-refractivity contribution is -0.140. The maximum atomic E-state index is 12.2. The minimum Gasteiger partial charge on any atom is -0.468 e. The molecule has 2 amide bonds. The van der Waals surface area contributed by atoms with E-state index in [2.05, 4.69) is 9.47 Å². The maximum absolute atomic E-state index is 12.2. The van der Waals surface area contributed by atoms with Gasteiger partial charge in [0.25, 0.3) is 11.8 Å². The third kappa shape index (κ3) is 2.03. The molecule has 0 radical (unpaired) electrons. The van der Waals surface area contributed by atoms with Gasteiger partial charge in [-0.3, -0.25) is 19.3 Å². The zero-order chi connectivity index (χ0) is 14.9. The number of esters is 2. The first kappa shape index (κ1) is 13.7. The molecule has 0 aromatic heterocycles. The van der Waals surface area contributed by atoms with Gasteiger partial charge in [-0.25, -0.2) is 4.79 Å². The molecule has 7 nitrogen and oxygen atoms in total. The summed E-state index contributed by atoms with van der Waals surface area (Å²) in [5.41, 5.74) is 0.0192. The SMILES string of the molecule is COC(=O)CN1C(=O)c2cccc(C(=O)OC)c2C1=O. The van der Waals surface area contributed by atoms with Gasteiger partial charge in [-0.05, 0) is 12.1 Å². The van der Waals surface area contributed by atoms with E-state index in [4.69, 9.17) is 0 Å². The molecule has 0 N–H and O–H groups in total. The van der Waals surface area contributed by atoms with Crippen LogP contribution in [0.25, 0.3) is 0 Å². The number of methoxy groups -OCH3 is 2. The molecular formula is C13H11NO6. The van der Waals surface area contributed by atoms with Gasteiger partial charge in [-0.15, -0.1) is 0 Å². The molecule has 0 spiro atoms. The summed E-state index contributed by atoms with van der Waals surface area (Å²) in [6, 6.07) is 4.27. The van der Waals surface area contributed by atoms with Crippen molar-refractivity contribution in [1.29, 1.82) is 0 Å². The number of carbonyl (C=O) groups excluding carboxylic acids is 4. The largest absolute Gasteiger partial charge is 0.468 e. The number of benzene rings is 1. The Morgan fingerprint density at radius 3 is 2.40 bits per heavy atom. The fraction of sp³-hybridized carbons (Fsp3) is 0.231. The fourth-order valence-corrected chi connectivity index (χ4v) is 1.95. The molecule has 0 saturated heterocycles. The van der Waals surface area contributed by atoms with Gasteiger partial charge in [-0.2, -0.15) is 0 Å². The van der Waals surface area contributed by atoms with Crippen LogP contribution in [0.3, 0.4) is 0 Å². The summed E-state index contributed by atoms with van der Waals surface area (Å²) in [4.78, 5) is 47.8. The van der Waals surface area contributed by atoms with Gasteiger partial charge in [0.05, 0.1) is 30.9 Å². The van der Waals surface area contributed by atoms with Gasteiger partial charge in [-0.1, -0.05) is 6.07 Å². The lowest BCUT2D eigenvalue weighted by atomic mass is 10.0. The number of carbonyl (C=O) groups is 4.